The topological polar surface area (TPSA) is 69.6 Å². The monoisotopic (exact) mass is 398 g/mol. The molecule has 0 spiro atoms. The van der Waals surface area contributed by atoms with E-state index in [1.807, 2.05) is 25.1 Å². The van der Waals surface area contributed by atoms with Gasteiger partial charge in [0, 0.05) is 5.69 Å². The van der Waals surface area contributed by atoms with Gasteiger partial charge >= 0.3 is 0 Å². The van der Waals surface area contributed by atoms with Gasteiger partial charge in [-0.1, -0.05) is 48.2 Å². The second kappa shape index (κ2) is 7.94. The molecule has 0 aliphatic carbocycles. The molecule has 1 saturated heterocycles. The lowest BCUT2D eigenvalue weighted by molar-refractivity contribution is -0.129. The minimum Gasteiger partial charge on any atom is -0.508 e. The highest BCUT2D eigenvalue weighted by molar-refractivity contribution is 8.26. The van der Waals surface area contributed by atoms with Gasteiger partial charge in [0.2, 0.25) is 5.91 Å². The van der Waals surface area contributed by atoms with E-state index in [1.165, 1.54) is 4.90 Å². The predicted molar refractivity (Wildman–Crippen MR) is 112 cm³/mol. The summed E-state index contributed by atoms with van der Waals surface area (Å²) in [6.07, 6.45) is 1.70. The number of carbonyl (C=O) groups is 2. The van der Waals surface area contributed by atoms with Crippen molar-refractivity contribution in [2.75, 3.05) is 5.32 Å². The van der Waals surface area contributed by atoms with Gasteiger partial charge in [0.1, 0.15) is 16.1 Å². The van der Waals surface area contributed by atoms with E-state index >= 15 is 0 Å². The Balaban J connectivity index is 1.75. The summed E-state index contributed by atoms with van der Waals surface area (Å²) in [5.74, 6) is -0.450. The number of thiocarbonyl (C=S) groups is 1. The molecule has 27 heavy (non-hydrogen) atoms. The summed E-state index contributed by atoms with van der Waals surface area (Å²) in [6, 6.07) is 13.2. The molecule has 2 amide bonds. The number of rotatable bonds is 4. The third-order valence-corrected chi connectivity index (χ3v) is 5.40. The Labute approximate surface area is 167 Å². The van der Waals surface area contributed by atoms with E-state index in [-0.39, 0.29) is 17.6 Å². The highest BCUT2D eigenvalue weighted by atomic mass is 32.2. The highest BCUT2D eigenvalue weighted by Gasteiger charge is 2.38. The maximum Gasteiger partial charge on any atom is 0.266 e. The zero-order chi connectivity index (χ0) is 19.6. The van der Waals surface area contributed by atoms with Crippen LogP contribution >= 0.6 is 24.0 Å². The number of anilines is 1. The Morgan fingerprint density at radius 1 is 1.26 bits per heavy atom. The molecule has 0 radical (unpaired) electrons. The smallest absolute Gasteiger partial charge is 0.266 e. The number of aromatic hydroxyl groups is 1. The Morgan fingerprint density at radius 2 is 1.96 bits per heavy atom. The lowest BCUT2D eigenvalue weighted by atomic mass is 10.2. The maximum absolute atomic E-state index is 12.8. The van der Waals surface area contributed by atoms with Crippen LogP contribution in [0.1, 0.15) is 18.1 Å². The van der Waals surface area contributed by atoms with Gasteiger partial charge in [-0.3, -0.25) is 14.5 Å². The van der Waals surface area contributed by atoms with Crippen LogP contribution in [0.3, 0.4) is 0 Å². The molecule has 1 heterocycles. The second-order valence-corrected chi connectivity index (χ2v) is 7.85. The molecule has 1 unspecified atom stereocenters. The zero-order valence-electron chi connectivity index (χ0n) is 14.8. The van der Waals surface area contributed by atoms with E-state index in [2.05, 4.69) is 5.32 Å². The number of hydrogen-bond donors (Lipinski definition) is 2. The summed E-state index contributed by atoms with van der Waals surface area (Å²) in [7, 11) is 0. The molecule has 5 nitrogen and oxygen atoms in total. The fourth-order valence-corrected chi connectivity index (χ4v) is 4.04. The summed E-state index contributed by atoms with van der Waals surface area (Å²) in [6.45, 7) is 3.59. The molecular weight excluding hydrogens is 380 g/mol. The fraction of sp³-hybridized carbons (Fsp3) is 0.150. The van der Waals surface area contributed by atoms with Crippen molar-refractivity contribution in [1.29, 1.82) is 0 Å². The van der Waals surface area contributed by atoms with Gasteiger partial charge < -0.3 is 10.4 Å². The number of aryl methyl sites for hydroxylation is 1. The molecule has 1 aliphatic heterocycles. The first-order chi connectivity index (χ1) is 12.8. The summed E-state index contributed by atoms with van der Waals surface area (Å²) >= 11 is 6.48. The zero-order valence-corrected chi connectivity index (χ0v) is 16.4. The lowest BCUT2D eigenvalue weighted by Crippen LogP contribution is -2.44. The van der Waals surface area contributed by atoms with Crippen LogP contribution < -0.4 is 5.32 Å². The lowest BCUT2D eigenvalue weighted by Gasteiger charge is -2.22. The van der Waals surface area contributed by atoms with Crippen molar-refractivity contribution in [1.82, 2.24) is 4.90 Å². The van der Waals surface area contributed by atoms with Gasteiger partial charge in [-0.15, -0.1) is 0 Å². The van der Waals surface area contributed by atoms with Crippen molar-refractivity contribution in [3.8, 4) is 5.75 Å². The van der Waals surface area contributed by atoms with E-state index < -0.39 is 6.04 Å². The number of nitrogens with one attached hydrogen (secondary N) is 1. The van der Waals surface area contributed by atoms with E-state index in [9.17, 15) is 14.7 Å². The van der Waals surface area contributed by atoms with Crippen molar-refractivity contribution in [3.63, 3.8) is 0 Å². The number of benzene rings is 2. The molecule has 2 aromatic carbocycles. The first-order valence-electron chi connectivity index (χ1n) is 8.29. The summed E-state index contributed by atoms with van der Waals surface area (Å²) in [5, 5.41) is 12.2. The molecule has 138 valence electrons. The third-order valence-electron chi connectivity index (χ3n) is 4.07. The average Bonchev–Trinajstić information content (AvgIpc) is 2.90. The number of nitrogens with zero attached hydrogens (tertiary/aromatic N) is 1. The number of phenolic OH excluding ortho intramolecular Hbond substituents is 1. The van der Waals surface area contributed by atoms with Crippen LogP contribution in [-0.2, 0) is 9.59 Å². The quantitative estimate of drug-likeness (QED) is 0.603. The summed E-state index contributed by atoms with van der Waals surface area (Å²) < 4.78 is 0.344. The molecule has 0 saturated carbocycles. The van der Waals surface area contributed by atoms with Gasteiger partial charge in [0.15, 0.2) is 0 Å². The average molecular weight is 399 g/mol. The molecule has 1 aliphatic rings. The Bertz CT molecular complexity index is 938. The standard InChI is InChI=1S/C20H18N2O3S2/c1-12-4-3-5-15(10-12)21-18(24)13(2)22-19(25)17(27-20(22)26)11-14-6-8-16(23)9-7-14/h3-11,13,23H,1-2H3,(H,21,24)/b17-11-. The van der Waals surface area contributed by atoms with Gasteiger partial charge in [0.25, 0.3) is 5.91 Å². The van der Waals surface area contributed by atoms with Crippen molar-refractivity contribution < 1.29 is 14.7 Å². The molecule has 7 heteroatoms. The van der Waals surface area contributed by atoms with Crippen LogP contribution in [0.4, 0.5) is 5.69 Å². The predicted octanol–water partition coefficient (Wildman–Crippen LogP) is 3.93. The Hall–Kier alpha value is -2.64. The van der Waals surface area contributed by atoms with Gasteiger partial charge in [-0.05, 0) is 55.3 Å². The Kier molecular flexibility index (Phi) is 5.62. The van der Waals surface area contributed by atoms with Crippen LogP contribution in [-0.4, -0.2) is 32.2 Å². The molecule has 1 fully saturated rings. The first kappa shape index (κ1) is 19.1. The van der Waals surface area contributed by atoms with E-state index in [0.717, 1.165) is 22.9 Å². The highest BCUT2D eigenvalue weighted by Crippen LogP contribution is 2.34. The van der Waals surface area contributed by atoms with E-state index in [0.29, 0.717) is 14.9 Å². The van der Waals surface area contributed by atoms with Crippen LogP contribution in [0.2, 0.25) is 0 Å². The third kappa shape index (κ3) is 4.37. The van der Waals surface area contributed by atoms with Crippen LogP contribution in [0.15, 0.2) is 53.4 Å². The molecule has 2 N–H and O–H groups in total. The minimum absolute atomic E-state index is 0.154. The summed E-state index contributed by atoms with van der Waals surface area (Å²) in [4.78, 5) is 27.1. The SMILES string of the molecule is Cc1cccc(NC(=O)C(C)N2C(=O)/C(=C/c3ccc(O)cc3)SC2=S)c1. The van der Waals surface area contributed by atoms with Crippen molar-refractivity contribution >= 4 is 51.9 Å². The van der Waals surface area contributed by atoms with Gasteiger partial charge in [-0.2, -0.15) is 0 Å². The normalized spacial score (nSPS) is 16.7. The van der Waals surface area contributed by atoms with Crippen molar-refractivity contribution in [3.05, 3.63) is 64.6 Å². The van der Waals surface area contributed by atoms with Gasteiger partial charge in [0.05, 0.1) is 4.91 Å². The van der Waals surface area contributed by atoms with Crippen LogP contribution in [0.5, 0.6) is 5.75 Å². The minimum atomic E-state index is -0.733. The number of hydrogen-bond acceptors (Lipinski definition) is 5. The van der Waals surface area contributed by atoms with Crippen molar-refractivity contribution in [2.24, 2.45) is 0 Å². The molecular formula is C20H18N2O3S2. The molecule has 3 rings (SSSR count). The largest absolute Gasteiger partial charge is 0.508 e. The number of carbonyl (C=O) groups excluding carboxylic acids is 2. The molecule has 1 atom stereocenters. The van der Waals surface area contributed by atoms with Crippen LogP contribution in [0.25, 0.3) is 6.08 Å². The Morgan fingerprint density at radius 3 is 2.63 bits per heavy atom. The fourth-order valence-electron chi connectivity index (χ4n) is 2.62. The second-order valence-electron chi connectivity index (χ2n) is 6.18. The number of phenols is 1. The molecule has 0 aromatic heterocycles. The first-order valence-corrected chi connectivity index (χ1v) is 9.51. The van der Waals surface area contributed by atoms with E-state index in [4.69, 9.17) is 12.2 Å². The summed E-state index contributed by atoms with van der Waals surface area (Å²) in [5.41, 5.74) is 2.48. The van der Waals surface area contributed by atoms with Crippen molar-refractivity contribution in [2.45, 2.75) is 19.9 Å². The van der Waals surface area contributed by atoms with E-state index in [1.54, 1.807) is 43.3 Å². The number of amides is 2. The molecule has 0 bridgehead atoms. The van der Waals surface area contributed by atoms with Gasteiger partial charge in [-0.25, -0.2) is 0 Å². The number of thioether (sulfide) groups is 1. The molecule has 2 aromatic rings. The van der Waals surface area contributed by atoms with Crippen LogP contribution in [0, 0.1) is 6.92 Å². The maximum atomic E-state index is 12.8.